The fraction of sp³-hybridized carbons (Fsp3) is 0.650. The summed E-state index contributed by atoms with van der Waals surface area (Å²) in [5.41, 5.74) is 1.24. The van der Waals surface area contributed by atoms with E-state index in [-0.39, 0.29) is 22.1 Å². The molecule has 0 heterocycles. The van der Waals surface area contributed by atoms with Crippen molar-refractivity contribution >= 4 is 11.6 Å². The first kappa shape index (κ1) is 16.6. The van der Waals surface area contributed by atoms with Crippen LogP contribution in [-0.4, -0.2) is 27.8 Å². The van der Waals surface area contributed by atoms with E-state index < -0.39 is 0 Å². The van der Waals surface area contributed by atoms with Crippen LogP contribution in [-0.2, 0) is 0 Å². The minimum absolute atomic E-state index is 0.0241. The molecule has 0 spiro atoms. The molecule has 0 saturated heterocycles. The second-order valence-corrected chi connectivity index (χ2v) is 8.45. The Balaban J connectivity index is 1.64. The standard InChI is InChI=1S/C20H26N2O3/c1-3-21(19(23)17-4-5-18(22(24)25)13(2)6-17)20-10-14-7-15(11-20)9-16(8-14)12-20/h4-6,14-16H,3,7-12H2,1-2H3. The highest BCUT2D eigenvalue weighted by atomic mass is 16.6. The van der Waals surface area contributed by atoms with E-state index in [0.717, 1.165) is 37.0 Å². The third-order valence-electron chi connectivity index (χ3n) is 6.78. The highest BCUT2D eigenvalue weighted by Crippen LogP contribution is 2.58. The zero-order chi connectivity index (χ0) is 17.8. The lowest BCUT2D eigenvalue weighted by molar-refractivity contribution is -0.385. The van der Waals surface area contributed by atoms with Gasteiger partial charge in [0.2, 0.25) is 0 Å². The van der Waals surface area contributed by atoms with Gasteiger partial charge in [-0.3, -0.25) is 14.9 Å². The van der Waals surface area contributed by atoms with Crippen molar-refractivity contribution in [3.8, 4) is 0 Å². The van der Waals surface area contributed by atoms with Gasteiger partial charge in [0, 0.05) is 29.3 Å². The molecule has 0 aromatic heterocycles. The van der Waals surface area contributed by atoms with Crippen LogP contribution in [0.3, 0.4) is 0 Å². The Kier molecular flexibility index (Phi) is 3.85. The SMILES string of the molecule is CCN(C(=O)c1ccc([N+](=O)[O-])c(C)c1)C12CC3CC(CC(C3)C1)C2. The topological polar surface area (TPSA) is 63.5 Å². The van der Waals surface area contributed by atoms with E-state index >= 15 is 0 Å². The van der Waals surface area contributed by atoms with Crippen molar-refractivity contribution in [2.24, 2.45) is 17.8 Å². The van der Waals surface area contributed by atoms with Gasteiger partial charge in [0.1, 0.15) is 0 Å². The Labute approximate surface area is 148 Å². The Morgan fingerprint density at radius 3 is 2.20 bits per heavy atom. The van der Waals surface area contributed by atoms with Crippen LogP contribution in [0.5, 0.6) is 0 Å². The van der Waals surface area contributed by atoms with E-state index in [1.165, 1.54) is 25.3 Å². The molecule has 1 aromatic carbocycles. The third-order valence-corrected chi connectivity index (χ3v) is 6.78. The van der Waals surface area contributed by atoms with Crippen molar-refractivity contribution in [3.05, 3.63) is 39.4 Å². The highest BCUT2D eigenvalue weighted by Gasteiger charge is 2.54. The van der Waals surface area contributed by atoms with Crippen molar-refractivity contribution in [1.29, 1.82) is 0 Å². The summed E-state index contributed by atoms with van der Waals surface area (Å²) in [7, 11) is 0. The van der Waals surface area contributed by atoms with Gasteiger partial charge >= 0.3 is 0 Å². The Morgan fingerprint density at radius 2 is 1.76 bits per heavy atom. The summed E-state index contributed by atoms with van der Waals surface area (Å²) < 4.78 is 0. The van der Waals surface area contributed by atoms with Crippen LogP contribution in [0.2, 0.25) is 0 Å². The smallest absolute Gasteiger partial charge is 0.272 e. The molecule has 5 rings (SSSR count). The third kappa shape index (κ3) is 2.64. The number of amides is 1. The van der Waals surface area contributed by atoms with Crippen LogP contribution in [0.25, 0.3) is 0 Å². The summed E-state index contributed by atoms with van der Waals surface area (Å²) in [5, 5.41) is 11.0. The summed E-state index contributed by atoms with van der Waals surface area (Å²) in [6, 6.07) is 4.77. The van der Waals surface area contributed by atoms with Crippen molar-refractivity contribution in [3.63, 3.8) is 0 Å². The van der Waals surface area contributed by atoms with Gasteiger partial charge in [-0.25, -0.2) is 0 Å². The van der Waals surface area contributed by atoms with Gasteiger partial charge in [0.05, 0.1) is 4.92 Å². The number of nitro groups is 1. The molecule has 0 N–H and O–H groups in total. The first-order chi connectivity index (χ1) is 11.9. The molecule has 0 aliphatic heterocycles. The maximum Gasteiger partial charge on any atom is 0.272 e. The van der Waals surface area contributed by atoms with Crippen molar-refractivity contribution < 1.29 is 9.72 Å². The van der Waals surface area contributed by atoms with Crippen LogP contribution in [0.1, 0.15) is 61.4 Å². The van der Waals surface area contributed by atoms with Gasteiger partial charge in [-0.1, -0.05) is 0 Å². The molecule has 5 nitrogen and oxygen atoms in total. The molecule has 134 valence electrons. The molecular weight excluding hydrogens is 316 g/mol. The number of benzene rings is 1. The molecule has 0 radical (unpaired) electrons. The van der Waals surface area contributed by atoms with E-state index in [1.807, 2.05) is 0 Å². The lowest BCUT2D eigenvalue weighted by Gasteiger charge is -2.60. The minimum Gasteiger partial charge on any atom is -0.333 e. The molecule has 1 amide bonds. The Hall–Kier alpha value is -1.91. The number of hydrogen-bond acceptors (Lipinski definition) is 3. The van der Waals surface area contributed by atoms with Crippen molar-refractivity contribution in [2.45, 2.75) is 57.9 Å². The monoisotopic (exact) mass is 342 g/mol. The number of carbonyl (C=O) groups is 1. The normalized spacial score (nSPS) is 32.6. The number of nitrogens with zero attached hydrogens (tertiary/aromatic N) is 2. The fourth-order valence-electron chi connectivity index (χ4n) is 6.24. The van der Waals surface area contributed by atoms with Gasteiger partial charge in [-0.2, -0.15) is 0 Å². The maximum absolute atomic E-state index is 13.3. The first-order valence-corrected chi connectivity index (χ1v) is 9.49. The van der Waals surface area contributed by atoms with Crippen molar-refractivity contribution in [2.75, 3.05) is 6.54 Å². The van der Waals surface area contributed by atoms with Gasteiger partial charge in [-0.05, 0) is 82.3 Å². The quantitative estimate of drug-likeness (QED) is 0.604. The number of rotatable bonds is 4. The lowest BCUT2D eigenvalue weighted by Crippen LogP contribution is -2.61. The van der Waals surface area contributed by atoms with Crippen LogP contribution in [0.15, 0.2) is 18.2 Å². The van der Waals surface area contributed by atoms with Gasteiger partial charge in [0.15, 0.2) is 0 Å². The largest absolute Gasteiger partial charge is 0.333 e. The van der Waals surface area contributed by atoms with E-state index in [0.29, 0.717) is 17.7 Å². The molecule has 4 aliphatic rings. The van der Waals surface area contributed by atoms with E-state index in [1.54, 1.807) is 19.1 Å². The molecule has 4 saturated carbocycles. The van der Waals surface area contributed by atoms with Crippen LogP contribution in [0.4, 0.5) is 5.69 Å². The molecule has 0 atom stereocenters. The summed E-state index contributed by atoms with van der Waals surface area (Å²) in [5.74, 6) is 2.40. The zero-order valence-electron chi connectivity index (χ0n) is 15.0. The molecule has 0 unspecified atom stereocenters. The van der Waals surface area contributed by atoms with Crippen LogP contribution >= 0.6 is 0 Å². The minimum atomic E-state index is -0.389. The van der Waals surface area contributed by atoms with Gasteiger partial charge in [0.25, 0.3) is 11.6 Å². The van der Waals surface area contributed by atoms with E-state index in [4.69, 9.17) is 0 Å². The average Bonchev–Trinajstić information content (AvgIpc) is 2.53. The molecule has 1 aromatic rings. The van der Waals surface area contributed by atoms with Crippen molar-refractivity contribution in [1.82, 2.24) is 4.90 Å². The zero-order valence-corrected chi connectivity index (χ0v) is 15.0. The van der Waals surface area contributed by atoms with Crippen LogP contribution < -0.4 is 0 Å². The number of hydrogen-bond donors (Lipinski definition) is 0. The van der Waals surface area contributed by atoms with Gasteiger partial charge < -0.3 is 4.90 Å². The molecule has 4 aliphatic carbocycles. The second kappa shape index (κ2) is 5.82. The molecular formula is C20H26N2O3. The van der Waals surface area contributed by atoms with Gasteiger partial charge in [-0.15, -0.1) is 0 Å². The van der Waals surface area contributed by atoms with E-state index in [2.05, 4.69) is 11.8 Å². The summed E-state index contributed by atoms with van der Waals surface area (Å²) in [4.78, 5) is 26.0. The maximum atomic E-state index is 13.3. The summed E-state index contributed by atoms with van der Waals surface area (Å²) in [6.07, 6.45) is 7.48. The highest BCUT2D eigenvalue weighted by molar-refractivity contribution is 5.95. The average molecular weight is 342 g/mol. The number of nitro benzene ring substituents is 1. The van der Waals surface area contributed by atoms with Crippen LogP contribution in [0, 0.1) is 34.8 Å². The summed E-state index contributed by atoms with van der Waals surface area (Å²) in [6.45, 7) is 4.48. The Bertz CT molecular complexity index is 692. The molecule has 4 bridgehead atoms. The molecule has 5 heteroatoms. The fourth-order valence-corrected chi connectivity index (χ4v) is 6.24. The van der Waals surface area contributed by atoms with E-state index in [9.17, 15) is 14.9 Å². The predicted molar refractivity (Wildman–Crippen MR) is 95.4 cm³/mol. The number of carbonyl (C=O) groups excluding carboxylic acids is 1. The second-order valence-electron chi connectivity index (χ2n) is 8.45. The first-order valence-electron chi connectivity index (χ1n) is 9.49. The predicted octanol–water partition coefficient (Wildman–Crippen LogP) is 4.33. The lowest BCUT2D eigenvalue weighted by atomic mass is 9.52. The molecule has 4 fully saturated rings. The molecule has 25 heavy (non-hydrogen) atoms. The Morgan fingerprint density at radius 1 is 1.20 bits per heavy atom. The number of aryl methyl sites for hydroxylation is 1. The summed E-state index contributed by atoms with van der Waals surface area (Å²) >= 11 is 0.